The highest BCUT2D eigenvalue weighted by Crippen LogP contribution is 2.04. The van der Waals surface area contributed by atoms with Crippen molar-refractivity contribution >= 4 is 11.3 Å². The maximum atomic E-state index is 5.45. The average molecular weight is 170 g/mol. The van der Waals surface area contributed by atoms with Crippen molar-refractivity contribution in [3.8, 4) is 0 Å². The molecule has 3 N–H and O–H groups in total. The molecule has 0 aliphatic heterocycles. The van der Waals surface area contributed by atoms with Crippen molar-refractivity contribution < 1.29 is 0 Å². The van der Waals surface area contributed by atoms with E-state index < -0.39 is 0 Å². The number of nitrogens with one attached hydrogen (secondary N) is 1. The Balaban J connectivity index is 2.23. The van der Waals surface area contributed by atoms with Crippen molar-refractivity contribution in [1.29, 1.82) is 0 Å². The van der Waals surface area contributed by atoms with Crippen molar-refractivity contribution in [3.05, 3.63) is 22.4 Å². The van der Waals surface area contributed by atoms with Gasteiger partial charge in [-0.3, -0.25) is 0 Å². The van der Waals surface area contributed by atoms with E-state index in [4.69, 9.17) is 5.73 Å². The van der Waals surface area contributed by atoms with Gasteiger partial charge in [0, 0.05) is 19.1 Å². The number of thiophene rings is 1. The summed E-state index contributed by atoms with van der Waals surface area (Å²) in [5.74, 6) is 0. The minimum Gasteiger partial charge on any atom is -0.329 e. The van der Waals surface area contributed by atoms with Gasteiger partial charge in [-0.25, -0.2) is 0 Å². The van der Waals surface area contributed by atoms with Crippen molar-refractivity contribution in [2.24, 2.45) is 5.73 Å². The normalized spacial score (nSPS) is 13.3. The molecular weight excluding hydrogens is 156 g/mol. The van der Waals surface area contributed by atoms with Crippen molar-refractivity contribution in [1.82, 2.24) is 5.32 Å². The summed E-state index contributed by atoms with van der Waals surface area (Å²) in [4.78, 5) is 0. The molecule has 0 bridgehead atoms. The molecule has 0 aliphatic carbocycles. The van der Waals surface area contributed by atoms with E-state index >= 15 is 0 Å². The Morgan fingerprint density at radius 3 is 3.09 bits per heavy atom. The third kappa shape index (κ3) is 3.01. The fourth-order valence-corrected chi connectivity index (χ4v) is 1.44. The van der Waals surface area contributed by atoms with Gasteiger partial charge in [0.1, 0.15) is 0 Å². The highest BCUT2D eigenvalue weighted by atomic mass is 32.1. The van der Waals surface area contributed by atoms with Crippen LogP contribution in [0.5, 0.6) is 0 Å². The van der Waals surface area contributed by atoms with Gasteiger partial charge in [-0.2, -0.15) is 11.3 Å². The van der Waals surface area contributed by atoms with Crippen molar-refractivity contribution in [2.75, 3.05) is 6.54 Å². The van der Waals surface area contributed by atoms with Crippen LogP contribution in [0.2, 0.25) is 0 Å². The van der Waals surface area contributed by atoms with Gasteiger partial charge in [0.05, 0.1) is 0 Å². The van der Waals surface area contributed by atoms with Crippen LogP contribution in [0.15, 0.2) is 16.8 Å². The molecule has 1 aromatic heterocycles. The lowest BCUT2D eigenvalue weighted by molar-refractivity contribution is 0.557. The predicted octanol–water partition coefficient (Wildman–Crippen LogP) is 1.18. The van der Waals surface area contributed by atoms with E-state index in [0.717, 1.165) is 6.54 Å². The lowest BCUT2D eigenvalue weighted by atomic mass is 10.3. The molecule has 1 heterocycles. The molecule has 0 saturated carbocycles. The van der Waals surface area contributed by atoms with Gasteiger partial charge in [0.15, 0.2) is 0 Å². The highest BCUT2D eigenvalue weighted by Gasteiger charge is 1.97. The SMILES string of the molecule is C[C@H](CN)NCc1ccsc1. The van der Waals surface area contributed by atoms with Crippen LogP contribution in [-0.4, -0.2) is 12.6 Å². The van der Waals surface area contributed by atoms with Gasteiger partial charge in [-0.1, -0.05) is 0 Å². The van der Waals surface area contributed by atoms with Crippen molar-refractivity contribution in [3.63, 3.8) is 0 Å². The zero-order valence-corrected chi connectivity index (χ0v) is 7.53. The van der Waals surface area contributed by atoms with Crippen LogP contribution in [0, 0.1) is 0 Å². The van der Waals surface area contributed by atoms with Gasteiger partial charge in [0.2, 0.25) is 0 Å². The number of rotatable bonds is 4. The Morgan fingerprint density at radius 1 is 1.73 bits per heavy atom. The van der Waals surface area contributed by atoms with Crippen LogP contribution in [0.25, 0.3) is 0 Å². The molecule has 0 spiro atoms. The molecule has 0 amide bonds. The van der Waals surface area contributed by atoms with E-state index in [1.54, 1.807) is 11.3 Å². The van der Waals surface area contributed by atoms with E-state index in [-0.39, 0.29) is 0 Å². The van der Waals surface area contributed by atoms with Gasteiger partial charge in [0.25, 0.3) is 0 Å². The third-order valence-electron chi connectivity index (χ3n) is 1.59. The molecule has 3 heteroatoms. The summed E-state index contributed by atoms with van der Waals surface area (Å²) in [5.41, 5.74) is 6.79. The summed E-state index contributed by atoms with van der Waals surface area (Å²) < 4.78 is 0. The van der Waals surface area contributed by atoms with Crippen LogP contribution < -0.4 is 11.1 Å². The van der Waals surface area contributed by atoms with Crippen LogP contribution in [0.3, 0.4) is 0 Å². The second-order valence-corrected chi connectivity index (χ2v) is 3.43. The molecule has 0 fully saturated rings. The van der Waals surface area contributed by atoms with Gasteiger partial charge in [-0.05, 0) is 29.3 Å². The first kappa shape index (κ1) is 8.71. The second-order valence-electron chi connectivity index (χ2n) is 2.65. The Hall–Kier alpha value is -0.380. The Bertz CT molecular complexity index is 184. The van der Waals surface area contributed by atoms with Crippen LogP contribution in [-0.2, 0) is 6.54 Å². The number of hydrogen-bond acceptors (Lipinski definition) is 3. The molecule has 1 aromatic rings. The molecule has 62 valence electrons. The maximum absolute atomic E-state index is 5.45. The molecule has 11 heavy (non-hydrogen) atoms. The van der Waals surface area contributed by atoms with Crippen LogP contribution in [0.4, 0.5) is 0 Å². The Kier molecular flexibility index (Phi) is 3.56. The summed E-state index contributed by atoms with van der Waals surface area (Å²) in [6.07, 6.45) is 0. The largest absolute Gasteiger partial charge is 0.329 e. The summed E-state index contributed by atoms with van der Waals surface area (Å²) in [5, 5.41) is 7.55. The topological polar surface area (TPSA) is 38.0 Å². The lowest BCUT2D eigenvalue weighted by Gasteiger charge is -2.09. The van der Waals surface area contributed by atoms with E-state index in [9.17, 15) is 0 Å². The standard InChI is InChI=1S/C8H14N2S/c1-7(4-9)10-5-8-2-3-11-6-8/h2-3,6-7,10H,4-5,9H2,1H3/t7-/m1/s1. The predicted molar refractivity (Wildman–Crippen MR) is 49.7 cm³/mol. The summed E-state index contributed by atoms with van der Waals surface area (Å²) in [6, 6.07) is 2.54. The third-order valence-corrected chi connectivity index (χ3v) is 2.32. The van der Waals surface area contributed by atoms with Crippen molar-refractivity contribution in [2.45, 2.75) is 19.5 Å². The first-order valence-electron chi connectivity index (χ1n) is 3.77. The quantitative estimate of drug-likeness (QED) is 0.712. The minimum absolute atomic E-state index is 0.412. The number of hydrogen-bond donors (Lipinski definition) is 2. The van der Waals surface area contributed by atoms with E-state index in [1.807, 2.05) is 0 Å². The molecule has 0 aliphatic rings. The zero-order chi connectivity index (χ0) is 8.10. The van der Waals surface area contributed by atoms with Gasteiger partial charge in [-0.15, -0.1) is 0 Å². The maximum Gasteiger partial charge on any atom is 0.0216 e. The van der Waals surface area contributed by atoms with Crippen LogP contribution in [0.1, 0.15) is 12.5 Å². The fraction of sp³-hybridized carbons (Fsp3) is 0.500. The smallest absolute Gasteiger partial charge is 0.0216 e. The Labute approximate surface area is 71.4 Å². The van der Waals surface area contributed by atoms with E-state index in [1.165, 1.54) is 5.56 Å². The van der Waals surface area contributed by atoms with Crippen LogP contribution >= 0.6 is 11.3 Å². The lowest BCUT2D eigenvalue weighted by Crippen LogP contribution is -2.32. The molecule has 0 radical (unpaired) electrons. The highest BCUT2D eigenvalue weighted by molar-refractivity contribution is 7.07. The first-order chi connectivity index (χ1) is 5.33. The fourth-order valence-electron chi connectivity index (χ4n) is 0.769. The second kappa shape index (κ2) is 4.49. The molecule has 0 saturated heterocycles. The average Bonchev–Trinajstić information content (AvgIpc) is 2.52. The molecule has 1 atom stereocenters. The minimum atomic E-state index is 0.412. The van der Waals surface area contributed by atoms with Gasteiger partial charge >= 0.3 is 0 Å². The molecule has 0 unspecified atom stereocenters. The Morgan fingerprint density at radius 2 is 2.55 bits per heavy atom. The summed E-state index contributed by atoms with van der Waals surface area (Å²) >= 11 is 1.73. The molecule has 2 nitrogen and oxygen atoms in total. The molecule has 0 aromatic carbocycles. The zero-order valence-electron chi connectivity index (χ0n) is 6.71. The summed E-state index contributed by atoms with van der Waals surface area (Å²) in [6.45, 7) is 3.72. The first-order valence-corrected chi connectivity index (χ1v) is 4.71. The van der Waals surface area contributed by atoms with E-state index in [2.05, 4.69) is 29.1 Å². The van der Waals surface area contributed by atoms with E-state index in [0.29, 0.717) is 12.6 Å². The summed E-state index contributed by atoms with van der Waals surface area (Å²) in [7, 11) is 0. The molecule has 1 rings (SSSR count). The molecular formula is C8H14N2S. The monoisotopic (exact) mass is 170 g/mol. The van der Waals surface area contributed by atoms with Gasteiger partial charge < -0.3 is 11.1 Å². The number of nitrogens with two attached hydrogens (primary N) is 1.